The zero-order valence-electron chi connectivity index (χ0n) is 13.7. The molecule has 0 spiro atoms. The number of carbonyl (C=O) groups excluding carboxylic acids is 1. The number of carbonyl (C=O) groups is 1. The van der Waals surface area contributed by atoms with Crippen LogP contribution in [0.3, 0.4) is 0 Å². The van der Waals surface area contributed by atoms with Crippen molar-refractivity contribution in [2.24, 2.45) is 4.99 Å². The molecule has 2 N–H and O–H groups in total. The average Bonchev–Trinajstić information content (AvgIpc) is 3.27. The van der Waals surface area contributed by atoms with Gasteiger partial charge in [-0.2, -0.15) is 0 Å². The van der Waals surface area contributed by atoms with Gasteiger partial charge in [-0.15, -0.1) is 22.7 Å². The summed E-state index contributed by atoms with van der Waals surface area (Å²) >= 11 is 3.49. The predicted molar refractivity (Wildman–Crippen MR) is 101 cm³/mol. The highest BCUT2D eigenvalue weighted by Crippen LogP contribution is 2.23. The van der Waals surface area contributed by atoms with Crippen LogP contribution in [-0.4, -0.2) is 36.4 Å². The van der Waals surface area contributed by atoms with E-state index in [1.807, 2.05) is 17.9 Å². The predicted octanol–water partition coefficient (Wildman–Crippen LogP) is 2.45. The highest BCUT2D eigenvalue weighted by molar-refractivity contribution is 7.10. The van der Waals surface area contributed by atoms with Gasteiger partial charge in [-0.05, 0) is 41.8 Å². The lowest BCUT2D eigenvalue weighted by atomic mass is 10.1. The quantitative estimate of drug-likeness (QED) is 0.634. The molecule has 0 radical (unpaired) electrons. The van der Waals surface area contributed by atoms with Crippen LogP contribution >= 0.6 is 22.7 Å². The van der Waals surface area contributed by atoms with Crippen molar-refractivity contribution in [1.29, 1.82) is 0 Å². The summed E-state index contributed by atoms with van der Waals surface area (Å²) in [5, 5.41) is 10.6. The van der Waals surface area contributed by atoms with Crippen molar-refractivity contribution >= 4 is 34.5 Å². The highest BCUT2D eigenvalue weighted by Gasteiger charge is 2.21. The van der Waals surface area contributed by atoms with Crippen LogP contribution in [0.2, 0.25) is 0 Å². The van der Waals surface area contributed by atoms with Gasteiger partial charge < -0.3 is 15.5 Å². The molecular formula is C17H22N4OS2. The van der Waals surface area contributed by atoms with E-state index in [9.17, 15) is 4.79 Å². The van der Waals surface area contributed by atoms with Crippen molar-refractivity contribution in [2.45, 2.75) is 26.4 Å². The Hall–Kier alpha value is -1.86. The molecule has 0 unspecified atom stereocenters. The summed E-state index contributed by atoms with van der Waals surface area (Å²) in [6.45, 7) is 5.20. The lowest BCUT2D eigenvalue weighted by Gasteiger charge is -2.26. The van der Waals surface area contributed by atoms with Gasteiger partial charge in [0.25, 0.3) is 0 Å². The molecule has 128 valence electrons. The maximum absolute atomic E-state index is 12.4. The fraction of sp³-hybridized carbons (Fsp3) is 0.412. The van der Waals surface area contributed by atoms with Gasteiger partial charge in [-0.1, -0.05) is 6.07 Å². The van der Waals surface area contributed by atoms with Gasteiger partial charge in [-0.25, -0.2) is 4.99 Å². The van der Waals surface area contributed by atoms with Crippen LogP contribution in [0.5, 0.6) is 0 Å². The summed E-state index contributed by atoms with van der Waals surface area (Å²) in [4.78, 5) is 21.4. The Bertz CT molecular complexity index is 693. The molecule has 5 nitrogen and oxygen atoms in total. The molecule has 0 saturated carbocycles. The summed E-state index contributed by atoms with van der Waals surface area (Å²) < 4.78 is 0. The minimum absolute atomic E-state index is 0.0835. The second-order valence-electron chi connectivity index (χ2n) is 5.56. The first-order chi connectivity index (χ1) is 11.8. The van der Waals surface area contributed by atoms with Crippen LogP contribution in [0.25, 0.3) is 0 Å². The summed E-state index contributed by atoms with van der Waals surface area (Å²) in [6.07, 6.45) is 0.957. The van der Waals surface area contributed by atoms with Crippen LogP contribution in [0.1, 0.15) is 22.2 Å². The van der Waals surface area contributed by atoms with E-state index in [2.05, 4.69) is 38.5 Å². The summed E-state index contributed by atoms with van der Waals surface area (Å²) in [6, 6.07) is 6.23. The van der Waals surface area contributed by atoms with E-state index in [-0.39, 0.29) is 12.5 Å². The van der Waals surface area contributed by atoms with Gasteiger partial charge in [-0.3, -0.25) is 4.79 Å². The highest BCUT2D eigenvalue weighted by atomic mass is 32.1. The van der Waals surface area contributed by atoms with Crippen LogP contribution < -0.4 is 10.6 Å². The van der Waals surface area contributed by atoms with Gasteiger partial charge in [0.2, 0.25) is 5.91 Å². The van der Waals surface area contributed by atoms with Gasteiger partial charge >= 0.3 is 0 Å². The van der Waals surface area contributed by atoms with E-state index in [1.165, 1.54) is 15.3 Å². The Balaban J connectivity index is 1.54. The van der Waals surface area contributed by atoms with E-state index < -0.39 is 0 Å². The van der Waals surface area contributed by atoms with E-state index in [4.69, 9.17) is 0 Å². The van der Waals surface area contributed by atoms with E-state index in [0.717, 1.165) is 26.1 Å². The molecule has 3 heterocycles. The van der Waals surface area contributed by atoms with Crippen molar-refractivity contribution in [1.82, 2.24) is 15.5 Å². The minimum atomic E-state index is 0.0835. The number of guanidine groups is 1. The van der Waals surface area contributed by atoms with Crippen LogP contribution in [0.15, 0.2) is 34.0 Å². The maximum Gasteiger partial charge on any atom is 0.244 e. The van der Waals surface area contributed by atoms with Gasteiger partial charge in [0.1, 0.15) is 6.54 Å². The third-order valence-electron chi connectivity index (χ3n) is 3.89. The van der Waals surface area contributed by atoms with Crippen molar-refractivity contribution in [3.05, 3.63) is 44.3 Å². The molecule has 0 saturated heterocycles. The van der Waals surface area contributed by atoms with Crippen molar-refractivity contribution in [2.75, 3.05) is 19.6 Å². The standard InChI is InChI=1S/C17H22N4OS2/c1-2-18-17(19-10-14-4-3-8-23-14)20-11-16(22)21-7-5-15-13(12-21)6-9-24-15/h3-4,6,8-9H,2,5,7,10-12H2,1H3,(H2,18,19,20). The van der Waals surface area contributed by atoms with Crippen LogP contribution in [0, 0.1) is 0 Å². The molecule has 0 aromatic carbocycles. The molecule has 24 heavy (non-hydrogen) atoms. The number of fused-ring (bicyclic) bond motifs is 1. The third-order valence-corrected chi connectivity index (χ3v) is 5.79. The molecule has 2 aromatic rings. The number of hydrogen-bond acceptors (Lipinski definition) is 4. The maximum atomic E-state index is 12.4. The Morgan fingerprint density at radius 1 is 1.29 bits per heavy atom. The van der Waals surface area contributed by atoms with E-state index in [0.29, 0.717) is 12.5 Å². The van der Waals surface area contributed by atoms with Gasteiger partial charge in [0.15, 0.2) is 5.96 Å². The SMILES string of the molecule is CCNC(=NCC(=O)N1CCc2sccc2C1)NCc1cccs1. The number of amides is 1. The zero-order chi connectivity index (χ0) is 16.8. The van der Waals surface area contributed by atoms with Crippen molar-refractivity contribution in [3.8, 4) is 0 Å². The number of thiophene rings is 2. The normalized spacial score (nSPS) is 14.4. The van der Waals surface area contributed by atoms with Crippen LogP contribution in [0.4, 0.5) is 0 Å². The summed E-state index contributed by atoms with van der Waals surface area (Å²) in [7, 11) is 0. The molecule has 0 atom stereocenters. The van der Waals surface area contributed by atoms with Gasteiger partial charge in [0, 0.05) is 29.4 Å². The fourth-order valence-electron chi connectivity index (χ4n) is 2.63. The molecule has 3 rings (SSSR count). The lowest BCUT2D eigenvalue weighted by molar-refractivity contribution is -0.130. The molecule has 1 amide bonds. The second-order valence-corrected chi connectivity index (χ2v) is 7.60. The third kappa shape index (κ3) is 4.36. The molecule has 0 fully saturated rings. The topological polar surface area (TPSA) is 56.7 Å². The Morgan fingerprint density at radius 3 is 3.00 bits per heavy atom. The summed E-state index contributed by atoms with van der Waals surface area (Å²) in [5.41, 5.74) is 1.28. The first-order valence-electron chi connectivity index (χ1n) is 8.14. The molecular weight excluding hydrogens is 340 g/mol. The fourth-order valence-corrected chi connectivity index (χ4v) is 4.17. The number of nitrogens with one attached hydrogen (secondary N) is 2. The molecule has 7 heteroatoms. The number of nitrogens with zero attached hydrogens (tertiary/aromatic N) is 2. The van der Waals surface area contributed by atoms with E-state index >= 15 is 0 Å². The lowest BCUT2D eigenvalue weighted by Crippen LogP contribution is -2.40. The monoisotopic (exact) mass is 362 g/mol. The van der Waals surface area contributed by atoms with Gasteiger partial charge in [0.05, 0.1) is 6.54 Å². The molecule has 1 aliphatic heterocycles. The number of rotatable bonds is 5. The molecule has 2 aromatic heterocycles. The van der Waals surface area contributed by atoms with E-state index in [1.54, 1.807) is 22.7 Å². The van der Waals surface area contributed by atoms with Crippen molar-refractivity contribution < 1.29 is 4.79 Å². The molecule has 1 aliphatic rings. The Labute approximate surface area is 150 Å². The first-order valence-corrected chi connectivity index (χ1v) is 9.89. The number of hydrogen-bond donors (Lipinski definition) is 2. The second kappa shape index (κ2) is 8.30. The van der Waals surface area contributed by atoms with Crippen molar-refractivity contribution in [3.63, 3.8) is 0 Å². The average molecular weight is 363 g/mol. The number of aliphatic imine (C=N–C) groups is 1. The minimum Gasteiger partial charge on any atom is -0.357 e. The Kier molecular flexibility index (Phi) is 5.87. The smallest absolute Gasteiger partial charge is 0.244 e. The largest absolute Gasteiger partial charge is 0.357 e. The zero-order valence-corrected chi connectivity index (χ0v) is 15.4. The molecule has 0 aliphatic carbocycles. The van der Waals surface area contributed by atoms with Crippen LogP contribution in [-0.2, 0) is 24.3 Å². The Morgan fingerprint density at radius 2 is 2.21 bits per heavy atom. The molecule has 0 bridgehead atoms. The first kappa shape index (κ1) is 17.0. The summed E-state index contributed by atoms with van der Waals surface area (Å²) in [5.74, 6) is 0.771.